The lowest BCUT2D eigenvalue weighted by Gasteiger charge is -2.16. The number of nitro groups is 1. The molecule has 9 heteroatoms. The van der Waals surface area contributed by atoms with E-state index in [1.165, 1.54) is 17.0 Å². The summed E-state index contributed by atoms with van der Waals surface area (Å²) in [6, 6.07) is 20.8. The standard InChI is InChI=1S/C26H23N3O5S/c1-3-33-22-13-9-20(10-14-22)28-25(30)24(27(2)26(28)35)16-18-7-11-23(12-8-18)34-17-19-5-4-6-21(15-19)29(31)32/h4-16H,3,17H2,1-2H3/b24-16-. The van der Waals surface area contributed by atoms with Crippen molar-refractivity contribution in [3.8, 4) is 11.5 Å². The second-order valence-electron chi connectivity index (χ2n) is 7.72. The molecule has 0 saturated carbocycles. The molecule has 0 spiro atoms. The van der Waals surface area contributed by atoms with E-state index in [2.05, 4.69) is 0 Å². The predicted molar refractivity (Wildman–Crippen MR) is 137 cm³/mol. The van der Waals surface area contributed by atoms with Crippen LogP contribution in [0.25, 0.3) is 6.08 Å². The Balaban J connectivity index is 1.46. The summed E-state index contributed by atoms with van der Waals surface area (Å²) in [6.07, 6.45) is 1.77. The van der Waals surface area contributed by atoms with Crippen molar-refractivity contribution in [3.05, 3.63) is 99.7 Å². The summed E-state index contributed by atoms with van der Waals surface area (Å²) >= 11 is 5.52. The Morgan fingerprint density at radius 1 is 1.00 bits per heavy atom. The molecule has 1 heterocycles. The van der Waals surface area contributed by atoms with Crippen LogP contribution < -0.4 is 14.4 Å². The molecule has 8 nitrogen and oxygen atoms in total. The molecule has 0 atom stereocenters. The zero-order chi connectivity index (χ0) is 24.9. The van der Waals surface area contributed by atoms with Crippen molar-refractivity contribution in [1.82, 2.24) is 4.90 Å². The van der Waals surface area contributed by atoms with Crippen LogP contribution >= 0.6 is 12.2 Å². The highest BCUT2D eigenvalue weighted by atomic mass is 32.1. The lowest BCUT2D eigenvalue weighted by atomic mass is 10.1. The van der Waals surface area contributed by atoms with Gasteiger partial charge in [0.15, 0.2) is 5.11 Å². The van der Waals surface area contributed by atoms with Gasteiger partial charge in [-0.1, -0.05) is 24.3 Å². The van der Waals surface area contributed by atoms with Gasteiger partial charge in [-0.3, -0.25) is 19.8 Å². The number of rotatable bonds is 8. The quantitative estimate of drug-likeness (QED) is 0.187. The molecule has 0 bridgehead atoms. The molecule has 3 aromatic carbocycles. The topological polar surface area (TPSA) is 85.1 Å². The summed E-state index contributed by atoms with van der Waals surface area (Å²) in [5.41, 5.74) is 2.65. The summed E-state index contributed by atoms with van der Waals surface area (Å²) in [7, 11) is 1.76. The first kappa shape index (κ1) is 23.9. The van der Waals surface area contributed by atoms with E-state index in [-0.39, 0.29) is 18.2 Å². The second kappa shape index (κ2) is 10.4. The average Bonchev–Trinajstić information content (AvgIpc) is 3.07. The number of benzene rings is 3. The maximum absolute atomic E-state index is 13.2. The summed E-state index contributed by atoms with van der Waals surface area (Å²) in [6.45, 7) is 2.68. The van der Waals surface area contributed by atoms with Crippen LogP contribution in [0, 0.1) is 10.1 Å². The van der Waals surface area contributed by atoms with Crippen LogP contribution in [0.4, 0.5) is 11.4 Å². The molecule has 0 N–H and O–H groups in total. The van der Waals surface area contributed by atoms with Gasteiger partial charge in [0.1, 0.15) is 23.8 Å². The van der Waals surface area contributed by atoms with Crippen LogP contribution in [-0.4, -0.2) is 34.5 Å². The number of nitro benzene ring substituents is 1. The molecule has 1 saturated heterocycles. The van der Waals surface area contributed by atoms with Crippen molar-refractivity contribution in [1.29, 1.82) is 0 Å². The molecule has 1 fully saturated rings. The first-order chi connectivity index (χ1) is 16.9. The van der Waals surface area contributed by atoms with Crippen LogP contribution in [-0.2, 0) is 11.4 Å². The number of likely N-dealkylation sites (N-methyl/N-ethyl adjacent to an activating group) is 1. The van der Waals surface area contributed by atoms with E-state index in [0.717, 1.165) is 11.3 Å². The number of hydrogen-bond donors (Lipinski definition) is 0. The van der Waals surface area contributed by atoms with E-state index in [4.69, 9.17) is 21.7 Å². The van der Waals surface area contributed by atoms with Crippen LogP contribution in [0.5, 0.6) is 11.5 Å². The molecule has 1 aliphatic rings. The minimum absolute atomic E-state index is 0.0237. The van der Waals surface area contributed by atoms with Crippen molar-refractivity contribution in [2.75, 3.05) is 18.6 Å². The number of thiocarbonyl (C=S) groups is 1. The van der Waals surface area contributed by atoms with Crippen LogP contribution in [0.1, 0.15) is 18.1 Å². The molecule has 35 heavy (non-hydrogen) atoms. The third-order valence-electron chi connectivity index (χ3n) is 5.38. The lowest BCUT2D eigenvalue weighted by molar-refractivity contribution is -0.384. The van der Waals surface area contributed by atoms with Crippen LogP contribution in [0.15, 0.2) is 78.5 Å². The third-order valence-corrected chi connectivity index (χ3v) is 5.83. The van der Waals surface area contributed by atoms with Crippen molar-refractivity contribution < 1.29 is 19.2 Å². The van der Waals surface area contributed by atoms with Crippen molar-refractivity contribution >= 4 is 40.7 Å². The fourth-order valence-corrected chi connectivity index (χ4v) is 3.87. The highest BCUT2D eigenvalue weighted by Crippen LogP contribution is 2.29. The molecule has 1 amide bonds. The molecule has 1 aliphatic heterocycles. The Kier molecular flexibility index (Phi) is 7.07. The van der Waals surface area contributed by atoms with Crippen molar-refractivity contribution in [3.63, 3.8) is 0 Å². The Bertz CT molecular complexity index is 1290. The Hall–Kier alpha value is -4.24. The van der Waals surface area contributed by atoms with Crippen LogP contribution in [0.2, 0.25) is 0 Å². The van der Waals surface area contributed by atoms with Gasteiger partial charge < -0.3 is 14.4 Å². The highest BCUT2D eigenvalue weighted by Gasteiger charge is 2.36. The molecule has 0 aliphatic carbocycles. The van der Waals surface area contributed by atoms with Gasteiger partial charge in [-0.25, -0.2) is 0 Å². The maximum atomic E-state index is 13.2. The number of hydrogen-bond acceptors (Lipinski definition) is 6. The molecule has 4 rings (SSSR count). The van der Waals surface area contributed by atoms with Crippen molar-refractivity contribution in [2.45, 2.75) is 13.5 Å². The summed E-state index contributed by atoms with van der Waals surface area (Å²) < 4.78 is 11.2. The zero-order valence-electron chi connectivity index (χ0n) is 19.2. The van der Waals surface area contributed by atoms with Gasteiger partial charge >= 0.3 is 0 Å². The SMILES string of the molecule is CCOc1ccc(N2C(=O)/C(=C/c3ccc(OCc4cccc([N+](=O)[O-])c4)cc3)N(C)C2=S)cc1. The molecular formula is C26H23N3O5S. The summed E-state index contributed by atoms with van der Waals surface area (Å²) in [5.74, 6) is 1.12. The fraction of sp³-hybridized carbons (Fsp3) is 0.154. The minimum atomic E-state index is -0.435. The number of non-ortho nitro benzene ring substituents is 1. The van der Waals surface area contributed by atoms with Gasteiger partial charge in [-0.15, -0.1) is 0 Å². The molecule has 0 unspecified atom stereocenters. The Labute approximate surface area is 208 Å². The van der Waals surface area contributed by atoms with Crippen molar-refractivity contribution in [2.24, 2.45) is 0 Å². The van der Waals surface area contributed by atoms with E-state index in [9.17, 15) is 14.9 Å². The average molecular weight is 490 g/mol. The lowest BCUT2D eigenvalue weighted by Crippen LogP contribution is -2.31. The Morgan fingerprint density at radius 2 is 1.66 bits per heavy atom. The molecule has 0 aromatic heterocycles. The number of ether oxygens (including phenoxy) is 2. The zero-order valence-corrected chi connectivity index (χ0v) is 20.0. The number of anilines is 1. The molecule has 0 radical (unpaired) electrons. The molecule has 3 aromatic rings. The predicted octanol–water partition coefficient (Wildman–Crippen LogP) is 5.18. The first-order valence-corrected chi connectivity index (χ1v) is 11.3. The van der Waals surface area contributed by atoms with Gasteiger partial charge in [-0.05, 0) is 72.7 Å². The minimum Gasteiger partial charge on any atom is -0.494 e. The summed E-state index contributed by atoms with van der Waals surface area (Å²) in [5, 5.41) is 11.3. The maximum Gasteiger partial charge on any atom is 0.281 e. The molecule has 178 valence electrons. The number of nitrogens with zero attached hydrogens (tertiary/aromatic N) is 3. The number of carbonyl (C=O) groups excluding carboxylic acids is 1. The first-order valence-electron chi connectivity index (χ1n) is 10.9. The van der Waals surface area contributed by atoms with Gasteiger partial charge in [0.05, 0.1) is 17.2 Å². The smallest absolute Gasteiger partial charge is 0.281 e. The van der Waals surface area contributed by atoms with E-state index in [1.807, 2.05) is 31.2 Å². The highest BCUT2D eigenvalue weighted by molar-refractivity contribution is 7.80. The normalized spacial score (nSPS) is 14.5. The summed E-state index contributed by atoms with van der Waals surface area (Å²) in [4.78, 5) is 26.8. The van der Waals surface area contributed by atoms with Gasteiger partial charge in [0.25, 0.3) is 11.6 Å². The monoisotopic (exact) mass is 489 g/mol. The van der Waals surface area contributed by atoms with Gasteiger partial charge in [0.2, 0.25) is 0 Å². The van der Waals surface area contributed by atoms with E-state index in [1.54, 1.807) is 54.4 Å². The fourth-order valence-electron chi connectivity index (χ4n) is 3.59. The number of amides is 1. The largest absolute Gasteiger partial charge is 0.494 e. The van der Waals surface area contributed by atoms with E-state index >= 15 is 0 Å². The van der Waals surface area contributed by atoms with Gasteiger partial charge in [0, 0.05) is 19.2 Å². The van der Waals surface area contributed by atoms with E-state index in [0.29, 0.717) is 34.4 Å². The van der Waals surface area contributed by atoms with Gasteiger partial charge in [-0.2, -0.15) is 0 Å². The second-order valence-corrected chi connectivity index (χ2v) is 8.09. The molecular weight excluding hydrogens is 466 g/mol. The third kappa shape index (κ3) is 5.30. The van der Waals surface area contributed by atoms with Crippen LogP contribution in [0.3, 0.4) is 0 Å². The van der Waals surface area contributed by atoms with E-state index < -0.39 is 4.92 Å². The number of carbonyl (C=O) groups is 1. The Morgan fingerprint density at radius 3 is 2.31 bits per heavy atom.